The number of nitrogens with one attached hydrogen (secondary N) is 1. The Bertz CT molecular complexity index is 1390. The fraction of sp³-hybridized carbons (Fsp3) is 0.125. The van der Waals surface area contributed by atoms with Gasteiger partial charge in [-0.15, -0.1) is 0 Å². The first-order valence-corrected chi connectivity index (χ1v) is 12.0. The number of pyridine rings is 1. The zero-order chi connectivity index (χ0) is 24.0. The molecule has 0 saturated heterocycles. The number of aromatic nitrogens is 1. The number of hydrogen-bond acceptors (Lipinski definition) is 2. The lowest BCUT2D eigenvalue weighted by molar-refractivity contribution is 0.0954. The number of carbonyl (C=O) groups excluding carboxylic acids is 1. The van der Waals surface area contributed by atoms with Crippen LogP contribution in [0.4, 0.5) is 0 Å². The van der Waals surface area contributed by atoms with E-state index in [0.717, 1.165) is 34.1 Å². The lowest BCUT2D eigenvalue weighted by atomic mass is 9.88. The van der Waals surface area contributed by atoms with E-state index in [2.05, 4.69) is 53.8 Å². The summed E-state index contributed by atoms with van der Waals surface area (Å²) in [6.07, 6.45) is 0.813. The van der Waals surface area contributed by atoms with Gasteiger partial charge < -0.3 is 5.32 Å². The molecule has 1 heterocycles. The minimum absolute atomic E-state index is 0.0573. The fourth-order valence-corrected chi connectivity index (χ4v) is 4.79. The second kappa shape index (κ2) is 10.4. The van der Waals surface area contributed by atoms with Crippen molar-refractivity contribution in [1.82, 2.24) is 10.3 Å². The molecule has 0 aliphatic heterocycles. The average molecular weight is 457 g/mol. The van der Waals surface area contributed by atoms with Crippen molar-refractivity contribution < 1.29 is 4.79 Å². The first kappa shape index (κ1) is 22.5. The van der Waals surface area contributed by atoms with Crippen molar-refractivity contribution in [3.8, 4) is 11.3 Å². The van der Waals surface area contributed by atoms with Crippen molar-refractivity contribution in [3.05, 3.63) is 138 Å². The minimum Gasteiger partial charge on any atom is -0.352 e. The van der Waals surface area contributed by atoms with E-state index in [4.69, 9.17) is 4.98 Å². The Balaban J connectivity index is 1.43. The summed E-state index contributed by atoms with van der Waals surface area (Å²) >= 11 is 0. The van der Waals surface area contributed by atoms with Crippen LogP contribution in [-0.2, 0) is 0 Å². The summed E-state index contributed by atoms with van der Waals surface area (Å²) in [5.74, 6) is 0.158. The van der Waals surface area contributed by atoms with Gasteiger partial charge in [0.05, 0.1) is 16.8 Å². The van der Waals surface area contributed by atoms with Gasteiger partial charge in [0.15, 0.2) is 0 Å². The molecule has 1 aromatic heterocycles. The van der Waals surface area contributed by atoms with Crippen LogP contribution >= 0.6 is 0 Å². The van der Waals surface area contributed by atoms with Gasteiger partial charge in [0.2, 0.25) is 0 Å². The van der Waals surface area contributed by atoms with E-state index in [-0.39, 0.29) is 11.8 Å². The van der Waals surface area contributed by atoms with Crippen LogP contribution in [-0.4, -0.2) is 17.4 Å². The van der Waals surface area contributed by atoms with Crippen LogP contribution in [0.1, 0.15) is 39.4 Å². The highest BCUT2D eigenvalue weighted by molar-refractivity contribution is 6.08. The molecule has 3 heteroatoms. The van der Waals surface area contributed by atoms with Gasteiger partial charge in [0.25, 0.3) is 5.91 Å². The standard InChI is InChI=1S/C32H28N2O/c1-23-30(28-19-11-12-20-29(28)34-31(23)26-17-9-4-10-18-26)32(35)33-22-21-27(24-13-5-2-6-14-24)25-15-7-3-8-16-25/h2-20,27H,21-22H2,1H3,(H,33,35). The molecule has 0 atom stereocenters. The minimum atomic E-state index is -0.0573. The predicted octanol–water partition coefficient (Wildman–Crippen LogP) is 7.16. The quantitative estimate of drug-likeness (QED) is 0.282. The number of nitrogens with zero attached hydrogens (tertiary/aromatic N) is 1. The summed E-state index contributed by atoms with van der Waals surface area (Å²) in [5, 5.41) is 4.09. The summed E-state index contributed by atoms with van der Waals surface area (Å²) in [6.45, 7) is 2.57. The van der Waals surface area contributed by atoms with Crippen molar-refractivity contribution in [2.45, 2.75) is 19.3 Å². The van der Waals surface area contributed by atoms with E-state index in [1.54, 1.807) is 0 Å². The highest BCUT2D eigenvalue weighted by Crippen LogP contribution is 2.30. The molecule has 0 aliphatic carbocycles. The van der Waals surface area contributed by atoms with Gasteiger partial charge in [-0.05, 0) is 36.1 Å². The van der Waals surface area contributed by atoms with Gasteiger partial charge in [-0.3, -0.25) is 4.79 Å². The SMILES string of the molecule is Cc1c(-c2ccccc2)nc2ccccc2c1C(=O)NCCC(c1ccccc1)c1ccccc1. The smallest absolute Gasteiger partial charge is 0.252 e. The van der Waals surface area contributed by atoms with Crippen LogP contribution in [0.25, 0.3) is 22.2 Å². The molecule has 1 N–H and O–H groups in total. The number of carbonyl (C=O) groups is 1. The second-order valence-corrected chi connectivity index (χ2v) is 8.76. The van der Waals surface area contributed by atoms with Crippen LogP contribution in [0.15, 0.2) is 115 Å². The van der Waals surface area contributed by atoms with Gasteiger partial charge >= 0.3 is 0 Å². The molecule has 172 valence electrons. The number of benzene rings is 4. The molecule has 4 aromatic carbocycles. The fourth-order valence-electron chi connectivity index (χ4n) is 4.79. The molecule has 0 fully saturated rings. The molecule has 5 rings (SSSR count). The second-order valence-electron chi connectivity index (χ2n) is 8.76. The Kier molecular flexibility index (Phi) is 6.67. The lowest BCUT2D eigenvalue weighted by Crippen LogP contribution is -2.27. The number of para-hydroxylation sites is 1. The monoisotopic (exact) mass is 456 g/mol. The number of hydrogen-bond donors (Lipinski definition) is 1. The van der Waals surface area contributed by atoms with Gasteiger partial charge in [-0.25, -0.2) is 4.98 Å². The topological polar surface area (TPSA) is 42.0 Å². The van der Waals surface area contributed by atoms with Gasteiger partial charge in [-0.2, -0.15) is 0 Å². The van der Waals surface area contributed by atoms with Gasteiger partial charge in [0, 0.05) is 23.4 Å². The predicted molar refractivity (Wildman–Crippen MR) is 144 cm³/mol. The van der Waals surface area contributed by atoms with Crippen LogP contribution in [0, 0.1) is 6.92 Å². The zero-order valence-corrected chi connectivity index (χ0v) is 19.8. The van der Waals surface area contributed by atoms with Gasteiger partial charge in [0.1, 0.15) is 0 Å². The lowest BCUT2D eigenvalue weighted by Gasteiger charge is -2.19. The molecule has 0 spiro atoms. The maximum atomic E-state index is 13.6. The normalized spacial score (nSPS) is 11.0. The highest BCUT2D eigenvalue weighted by Gasteiger charge is 2.20. The summed E-state index contributed by atoms with van der Waals surface area (Å²) in [4.78, 5) is 18.5. The Morgan fingerprint density at radius 1 is 0.743 bits per heavy atom. The van der Waals surface area contributed by atoms with Crippen LogP contribution in [0.5, 0.6) is 0 Å². The first-order valence-electron chi connectivity index (χ1n) is 12.0. The molecular formula is C32H28N2O. The molecular weight excluding hydrogens is 428 g/mol. The number of amides is 1. The van der Waals surface area contributed by atoms with E-state index < -0.39 is 0 Å². The number of rotatable bonds is 7. The Hall–Kier alpha value is -4.24. The van der Waals surface area contributed by atoms with E-state index in [0.29, 0.717) is 12.1 Å². The van der Waals surface area contributed by atoms with Crippen LogP contribution in [0.3, 0.4) is 0 Å². The Morgan fingerprint density at radius 2 is 1.29 bits per heavy atom. The summed E-state index contributed by atoms with van der Waals surface area (Å²) in [7, 11) is 0. The molecule has 0 aliphatic rings. The molecule has 3 nitrogen and oxygen atoms in total. The molecule has 0 radical (unpaired) electrons. The van der Waals surface area contributed by atoms with E-state index in [9.17, 15) is 4.79 Å². The molecule has 0 bridgehead atoms. The largest absolute Gasteiger partial charge is 0.352 e. The first-order chi connectivity index (χ1) is 17.2. The molecule has 1 amide bonds. The maximum Gasteiger partial charge on any atom is 0.252 e. The van der Waals surface area contributed by atoms with Crippen molar-refractivity contribution in [2.75, 3.05) is 6.54 Å². The highest BCUT2D eigenvalue weighted by atomic mass is 16.1. The van der Waals surface area contributed by atoms with E-state index in [1.807, 2.05) is 73.7 Å². The third-order valence-corrected chi connectivity index (χ3v) is 6.53. The summed E-state index contributed by atoms with van der Waals surface area (Å²) in [6, 6.07) is 38.9. The van der Waals surface area contributed by atoms with Crippen LogP contribution < -0.4 is 5.32 Å². The third kappa shape index (κ3) is 4.85. The average Bonchev–Trinajstić information content (AvgIpc) is 2.92. The summed E-state index contributed by atoms with van der Waals surface area (Å²) < 4.78 is 0. The summed E-state index contributed by atoms with van der Waals surface area (Å²) in [5.41, 5.74) is 6.79. The molecule has 0 saturated carbocycles. The third-order valence-electron chi connectivity index (χ3n) is 6.53. The van der Waals surface area contributed by atoms with E-state index >= 15 is 0 Å². The molecule has 0 unspecified atom stereocenters. The molecule has 35 heavy (non-hydrogen) atoms. The number of fused-ring (bicyclic) bond motifs is 1. The van der Waals surface area contributed by atoms with E-state index in [1.165, 1.54) is 11.1 Å². The Morgan fingerprint density at radius 3 is 1.91 bits per heavy atom. The maximum absolute atomic E-state index is 13.6. The van der Waals surface area contributed by atoms with Crippen LogP contribution in [0.2, 0.25) is 0 Å². The molecule has 5 aromatic rings. The van der Waals surface area contributed by atoms with Gasteiger partial charge in [-0.1, -0.05) is 109 Å². The van der Waals surface area contributed by atoms with Crippen molar-refractivity contribution in [1.29, 1.82) is 0 Å². The Labute approximate surface area is 206 Å². The van der Waals surface area contributed by atoms with Crippen molar-refractivity contribution >= 4 is 16.8 Å². The van der Waals surface area contributed by atoms with Crippen molar-refractivity contribution in [3.63, 3.8) is 0 Å². The van der Waals surface area contributed by atoms with Crippen molar-refractivity contribution in [2.24, 2.45) is 0 Å². The zero-order valence-electron chi connectivity index (χ0n) is 19.8.